The summed E-state index contributed by atoms with van der Waals surface area (Å²) in [4.78, 5) is 37.0. The summed E-state index contributed by atoms with van der Waals surface area (Å²) in [7, 11) is 0. The number of Topliss-reactive ketones (excluding diaryl/α,β-unsaturated/α-hetero) is 1. The molecule has 6 heteroatoms. The van der Waals surface area contributed by atoms with Crippen LogP contribution in [0.4, 0.5) is 4.79 Å². The third-order valence-corrected chi connectivity index (χ3v) is 2.93. The Morgan fingerprint density at radius 3 is 2.32 bits per heavy atom. The van der Waals surface area contributed by atoms with Crippen LogP contribution in [0.3, 0.4) is 0 Å². The molecule has 1 aliphatic rings. The van der Waals surface area contributed by atoms with Crippen molar-refractivity contribution in [1.29, 1.82) is 0 Å². The minimum absolute atomic E-state index is 0.155. The van der Waals surface area contributed by atoms with Crippen molar-refractivity contribution in [3.8, 4) is 0 Å². The SMILES string of the molecule is CC.CCOC(=O)C1CCN(C(=O)OC(C)(C)C)CCC1=O. The lowest BCUT2D eigenvalue weighted by Crippen LogP contribution is -2.37. The Morgan fingerprint density at radius 2 is 1.82 bits per heavy atom. The van der Waals surface area contributed by atoms with Gasteiger partial charge in [-0.2, -0.15) is 0 Å². The van der Waals surface area contributed by atoms with Crippen molar-refractivity contribution in [3.63, 3.8) is 0 Å². The highest BCUT2D eigenvalue weighted by Gasteiger charge is 2.33. The first kappa shape index (κ1) is 20.4. The number of amides is 1. The van der Waals surface area contributed by atoms with Crippen molar-refractivity contribution in [2.45, 2.75) is 60.0 Å². The van der Waals surface area contributed by atoms with Gasteiger partial charge in [0.1, 0.15) is 17.3 Å². The highest BCUT2D eigenvalue weighted by Crippen LogP contribution is 2.18. The molecule has 22 heavy (non-hydrogen) atoms. The first-order valence-corrected chi connectivity index (χ1v) is 7.92. The number of nitrogens with zero attached hydrogens (tertiary/aromatic N) is 1. The Hall–Kier alpha value is -1.59. The molecule has 0 spiro atoms. The zero-order chi connectivity index (χ0) is 17.3. The molecule has 0 N–H and O–H groups in total. The number of rotatable bonds is 2. The number of ether oxygens (including phenoxy) is 2. The van der Waals surface area contributed by atoms with Crippen LogP contribution in [-0.4, -0.2) is 48.0 Å². The van der Waals surface area contributed by atoms with Gasteiger partial charge in [0.2, 0.25) is 0 Å². The van der Waals surface area contributed by atoms with Gasteiger partial charge in [-0.15, -0.1) is 0 Å². The maximum atomic E-state index is 12.0. The summed E-state index contributed by atoms with van der Waals surface area (Å²) in [5, 5.41) is 0. The first-order valence-electron chi connectivity index (χ1n) is 7.92. The second kappa shape index (κ2) is 9.43. The summed E-state index contributed by atoms with van der Waals surface area (Å²) in [5.41, 5.74) is -0.575. The number of ketones is 1. The molecule has 0 aromatic carbocycles. The molecule has 1 fully saturated rings. The van der Waals surface area contributed by atoms with Gasteiger partial charge in [0, 0.05) is 19.5 Å². The molecular weight excluding hydrogens is 286 g/mol. The fraction of sp³-hybridized carbons (Fsp3) is 0.812. The number of hydrogen-bond donors (Lipinski definition) is 0. The first-order chi connectivity index (χ1) is 10.2. The summed E-state index contributed by atoms with van der Waals surface area (Å²) in [6, 6.07) is 0. The lowest BCUT2D eigenvalue weighted by molar-refractivity contribution is -0.151. The standard InChI is InChI=1S/C14H23NO5.C2H6/c1-5-19-12(17)10-6-8-15(9-7-11(10)16)13(18)20-14(2,3)4;1-2/h10H,5-9H2,1-4H3;1-2H3. The van der Waals surface area contributed by atoms with Crippen molar-refractivity contribution in [3.05, 3.63) is 0 Å². The van der Waals surface area contributed by atoms with E-state index in [4.69, 9.17) is 9.47 Å². The van der Waals surface area contributed by atoms with E-state index in [1.165, 1.54) is 4.90 Å². The van der Waals surface area contributed by atoms with Gasteiger partial charge in [0.05, 0.1) is 6.61 Å². The van der Waals surface area contributed by atoms with E-state index in [2.05, 4.69) is 0 Å². The average molecular weight is 315 g/mol. The molecule has 1 saturated heterocycles. The quantitative estimate of drug-likeness (QED) is 0.579. The number of carbonyl (C=O) groups excluding carboxylic acids is 3. The largest absolute Gasteiger partial charge is 0.465 e. The van der Waals surface area contributed by atoms with Gasteiger partial charge in [0.15, 0.2) is 0 Å². The third kappa shape index (κ3) is 6.91. The fourth-order valence-corrected chi connectivity index (χ4v) is 1.98. The molecule has 0 aliphatic carbocycles. The molecular formula is C16H29NO5. The predicted molar refractivity (Wildman–Crippen MR) is 83.5 cm³/mol. The Bertz CT molecular complexity index is 386. The molecule has 1 rings (SSSR count). The van der Waals surface area contributed by atoms with Crippen molar-refractivity contribution < 1.29 is 23.9 Å². The highest BCUT2D eigenvalue weighted by atomic mass is 16.6. The number of likely N-dealkylation sites (tertiary alicyclic amines) is 1. The van der Waals surface area contributed by atoms with E-state index in [9.17, 15) is 14.4 Å². The van der Waals surface area contributed by atoms with Gasteiger partial charge >= 0.3 is 12.1 Å². The molecule has 1 amide bonds. The molecule has 1 unspecified atom stereocenters. The molecule has 1 atom stereocenters. The van der Waals surface area contributed by atoms with Crippen LogP contribution in [0.15, 0.2) is 0 Å². The van der Waals surface area contributed by atoms with E-state index in [1.54, 1.807) is 27.7 Å². The minimum Gasteiger partial charge on any atom is -0.465 e. The molecule has 128 valence electrons. The second-order valence-electron chi connectivity index (χ2n) is 5.78. The zero-order valence-corrected chi connectivity index (χ0v) is 14.6. The van der Waals surface area contributed by atoms with Gasteiger partial charge in [-0.3, -0.25) is 9.59 Å². The molecule has 1 aliphatic heterocycles. The molecule has 0 aromatic rings. The maximum Gasteiger partial charge on any atom is 0.410 e. The number of hydrogen-bond acceptors (Lipinski definition) is 5. The summed E-state index contributed by atoms with van der Waals surface area (Å²) in [6.45, 7) is 11.9. The molecule has 0 radical (unpaired) electrons. The van der Waals surface area contributed by atoms with E-state index >= 15 is 0 Å². The summed E-state index contributed by atoms with van der Waals surface area (Å²) < 4.78 is 10.2. The van der Waals surface area contributed by atoms with Crippen LogP contribution in [0.25, 0.3) is 0 Å². The van der Waals surface area contributed by atoms with Crippen molar-refractivity contribution in [1.82, 2.24) is 4.90 Å². The lowest BCUT2D eigenvalue weighted by atomic mass is 10.00. The zero-order valence-electron chi connectivity index (χ0n) is 14.6. The van der Waals surface area contributed by atoms with E-state index in [0.29, 0.717) is 6.54 Å². The van der Waals surface area contributed by atoms with Crippen LogP contribution in [0.1, 0.15) is 54.4 Å². The predicted octanol–water partition coefficient (Wildman–Crippen LogP) is 2.79. The highest BCUT2D eigenvalue weighted by molar-refractivity contribution is 5.99. The maximum absolute atomic E-state index is 12.0. The molecule has 0 saturated carbocycles. The Morgan fingerprint density at radius 1 is 1.23 bits per heavy atom. The summed E-state index contributed by atoms with van der Waals surface area (Å²) in [6.07, 6.45) is -0.00517. The van der Waals surface area contributed by atoms with Crippen LogP contribution in [0.5, 0.6) is 0 Å². The van der Waals surface area contributed by atoms with Crippen LogP contribution in [-0.2, 0) is 19.1 Å². The second-order valence-corrected chi connectivity index (χ2v) is 5.78. The van der Waals surface area contributed by atoms with Crippen molar-refractivity contribution >= 4 is 17.8 Å². The lowest BCUT2D eigenvalue weighted by Gasteiger charge is -2.26. The smallest absolute Gasteiger partial charge is 0.410 e. The Labute approximate surface area is 133 Å². The van der Waals surface area contributed by atoms with Crippen LogP contribution >= 0.6 is 0 Å². The summed E-state index contributed by atoms with van der Waals surface area (Å²) >= 11 is 0. The van der Waals surface area contributed by atoms with Crippen molar-refractivity contribution in [2.24, 2.45) is 5.92 Å². The Balaban J connectivity index is 0.00000211. The molecule has 6 nitrogen and oxygen atoms in total. The van der Waals surface area contributed by atoms with E-state index in [1.807, 2.05) is 13.8 Å². The van der Waals surface area contributed by atoms with E-state index in [0.717, 1.165) is 0 Å². The average Bonchev–Trinajstić information content (AvgIpc) is 2.61. The number of carbonyl (C=O) groups is 3. The number of esters is 1. The van der Waals surface area contributed by atoms with E-state index in [-0.39, 0.29) is 31.8 Å². The van der Waals surface area contributed by atoms with Gasteiger partial charge in [-0.1, -0.05) is 13.8 Å². The van der Waals surface area contributed by atoms with E-state index < -0.39 is 23.6 Å². The van der Waals surface area contributed by atoms with Gasteiger partial charge in [-0.05, 0) is 34.1 Å². The Kier molecular flexibility index (Phi) is 8.75. The summed E-state index contributed by atoms with van der Waals surface area (Å²) in [5.74, 6) is -1.43. The van der Waals surface area contributed by atoms with Crippen molar-refractivity contribution in [2.75, 3.05) is 19.7 Å². The van der Waals surface area contributed by atoms with Crippen LogP contribution in [0.2, 0.25) is 0 Å². The fourth-order valence-electron chi connectivity index (χ4n) is 1.98. The topological polar surface area (TPSA) is 72.9 Å². The van der Waals surface area contributed by atoms with Gasteiger partial charge in [0.25, 0.3) is 0 Å². The molecule has 1 heterocycles. The van der Waals surface area contributed by atoms with Gasteiger partial charge < -0.3 is 14.4 Å². The molecule has 0 aromatic heterocycles. The molecule has 0 bridgehead atoms. The third-order valence-electron chi connectivity index (χ3n) is 2.93. The van der Waals surface area contributed by atoms with Crippen LogP contribution < -0.4 is 0 Å². The minimum atomic E-state index is -0.762. The monoisotopic (exact) mass is 315 g/mol. The van der Waals surface area contributed by atoms with Crippen LogP contribution in [0, 0.1) is 5.92 Å². The normalized spacial score (nSPS) is 18.7. The van der Waals surface area contributed by atoms with Gasteiger partial charge in [-0.25, -0.2) is 4.79 Å².